The van der Waals surface area contributed by atoms with E-state index in [9.17, 15) is 0 Å². The number of allylic oxidation sites excluding steroid dienone is 2. The van der Waals surface area contributed by atoms with Crippen LogP contribution in [-0.2, 0) is 9.52 Å². The van der Waals surface area contributed by atoms with Crippen molar-refractivity contribution in [2.75, 3.05) is 7.11 Å². The summed E-state index contributed by atoms with van der Waals surface area (Å²) in [6.07, 6.45) is 3.06. The van der Waals surface area contributed by atoms with Gasteiger partial charge < -0.3 is 0 Å². The summed E-state index contributed by atoms with van der Waals surface area (Å²) in [5.41, 5.74) is 2.54. The van der Waals surface area contributed by atoms with Gasteiger partial charge in [0.15, 0.2) is 0 Å². The maximum atomic E-state index is 5.90. The molecule has 0 fully saturated rings. The first-order valence-corrected chi connectivity index (χ1v) is 8.57. The Kier molecular flexibility index (Phi) is 4.20. The Morgan fingerprint density at radius 2 is 1.75 bits per heavy atom. The predicted octanol–water partition coefficient (Wildman–Crippen LogP) is 2.99. The van der Waals surface area contributed by atoms with Gasteiger partial charge in [-0.15, -0.1) is 0 Å². The molecule has 0 atom stereocenters. The molecule has 2 nitrogen and oxygen atoms in total. The van der Waals surface area contributed by atoms with E-state index in [0.29, 0.717) is 0 Å². The second kappa shape index (κ2) is 6.26. The van der Waals surface area contributed by atoms with Crippen LogP contribution in [0.25, 0.3) is 0 Å². The van der Waals surface area contributed by atoms with Crippen molar-refractivity contribution in [1.29, 1.82) is 0 Å². The van der Waals surface area contributed by atoms with E-state index in [1.807, 2.05) is 18.2 Å². The van der Waals surface area contributed by atoms with Crippen molar-refractivity contribution in [3.05, 3.63) is 77.6 Å². The van der Waals surface area contributed by atoms with Crippen molar-refractivity contribution in [2.24, 2.45) is 0 Å². The zero-order valence-electron chi connectivity index (χ0n) is 11.2. The molecule has 2 aromatic carbocycles. The summed E-state index contributed by atoms with van der Waals surface area (Å²) in [5, 5.41) is 0. The molecule has 0 amide bonds. The summed E-state index contributed by atoms with van der Waals surface area (Å²) in [5.74, 6) is 1.97. The van der Waals surface area contributed by atoms with E-state index in [1.54, 1.807) is 7.11 Å². The summed E-state index contributed by atoms with van der Waals surface area (Å²) in [6, 6.07) is 18.6. The SMILES string of the molecule is COc1ccc(CC2=CC(c3ccccc3)=[Te]O2)cc1. The molecule has 0 aromatic heterocycles. The summed E-state index contributed by atoms with van der Waals surface area (Å²) in [6.45, 7) is 0. The van der Waals surface area contributed by atoms with E-state index in [2.05, 4.69) is 42.5 Å². The van der Waals surface area contributed by atoms with Crippen molar-refractivity contribution in [2.45, 2.75) is 6.42 Å². The molecule has 0 aliphatic carbocycles. The Labute approximate surface area is 129 Å². The van der Waals surface area contributed by atoms with E-state index in [0.717, 1.165) is 17.9 Å². The zero-order valence-corrected chi connectivity index (χ0v) is 13.5. The number of benzene rings is 2. The van der Waals surface area contributed by atoms with Crippen LogP contribution in [0.15, 0.2) is 66.4 Å². The average molecular weight is 379 g/mol. The number of rotatable bonds is 4. The van der Waals surface area contributed by atoms with Crippen molar-refractivity contribution in [3.63, 3.8) is 0 Å². The van der Waals surface area contributed by atoms with Crippen molar-refractivity contribution >= 4 is 24.4 Å². The Hall–Kier alpha value is -1.56. The molecule has 1 radical (unpaired) electrons. The van der Waals surface area contributed by atoms with Crippen LogP contribution in [0, 0.1) is 0 Å². The van der Waals surface area contributed by atoms with Gasteiger partial charge in [-0.05, 0) is 0 Å². The molecule has 20 heavy (non-hydrogen) atoms. The Balaban J connectivity index is 1.71. The van der Waals surface area contributed by atoms with Gasteiger partial charge in [0.2, 0.25) is 0 Å². The molecule has 0 unspecified atom stereocenters. The second-order valence-electron chi connectivity index (χ2n) is 4.53. The molecule has 0 spiro atoms. The first-order valence-electron chi connectivity index (χ1n) is 6.45. The van der Waals surface area contributed by atoms with E-state index in [-0.39, 0.29) is 0 Å². The van der Waals surface area contributed by atoms with E-state index in [4.69, 9.17) is 7.84 Å². The Morgan fingerprint density at radius 3 is 2.45 bits per heavy atom. The number of ether oxygens (including phenoxy) is 1. The Bertz CT molecular complexity index is 642. The van der Waals surface area contributed by atoms with Gasteiger partial charge in [0, 0.05) is 0 Å². The molecule has 1 aliphatic heterocycles. The summed E-state index contributed by atoms with van der Waals surface area (Å²) >= 11 is -0.535. The van der Waals surface area contributed by atoms with Gasteiger partial charge in [0.25, 0.3) is 0 Å². The van der Waals surface area contributed by atoms with Gasteiger partial charge in [0.1, 0.15) is 0 Å². The molecule has 1 heterocycles. The molecule has 0 saturated heterocycles. The van der Waals surface area contributed by atoms with Crippen LogP contribution in [0.4, 0.5) is 0 Å². The first-order chi connectivity index (χ1) is 9.85. The first kappa shape index (κ1) is 13.4. The van der Waals surface area contributed by atoms with Gasteiger partial charge in [-0.3, -0.25) is 0 Å². The van der Waals surface area contributed by atoms with Gasteiger partial charge in [-0.1, -0.05) is 0 Å². The van der Waals surface area contributed by atoms with Gasteiger partial charge >= 0.3 is 129 Å². The number of hydrogen-bond donors (Lipinski definition) is 0. The summed E-state index contributed by atoms with van der Waals surface area (Å²) in [4.78, 5) is 0. The quantitative estimate of drug-likeness (QED) is 0.761. The van der Waals surface area contributed by atoms with E-state index >= 15 is 0 Å². The fourth-order valence-electron chi connectivity index (χ4n) is 2.05. The second-order valence-corrected chi connectivity index (χ2v) is 6.74. The summed E-state index contributed by atoms with van der Waals surface area (Å²) < 4.78 is 12.4. The molecular formula is C17H15O2Te. The van der Waals surface area contributed by atoms with Crippen LogP contribution in [0.3, 0.4) is 0 Å². The fourth-order valence-corrected chi connectivity index (χ4v) is 4.09. The summed E-state index contributed by atoms with van der Waals surface area (Å²) in [7, 11) is 1.68. The normalized spacial score (nSPS) is 13.4. The minimum absolute atomic E-state index is 0.535. The van der Waals surface area contributed by atoms with Crippen LogP contribution < -0.4 is 4.74 Å². The van der Waals surface area contributed by atoms with E-state index < -0.39 is 20.9 Å². The number of hydrogen-bond acceptors (Lipinski definition) is 2. The van der Waals surface area contributed by atoms with E-state index in [1.165, 1.54) is 14.7 Å². The molecule has 3 rings (SSSR count). The third-order valence-corrected chi connectivity index (χ3v) is 5.50. The zero-order chi connectivity index (χ0) is 13.8. The minimum atomic E-state index is -0.535. The molecule has 2 aromatic rings. The van der Waals surface area contributed by atoms with Gasteiger partial charge in [-0.25, -0.2) is 0 Å². The molecule has 0 bridgehead atoms. The fraction of sp³-hybridized carbons (Fsp3) is 0.118. The molecule has 3 heteroatoms. The molecule has 0 N–H and O–H groups in total. The van der Waals surface area contributed by atoms with Crippen molar-refractivity contribution in [3.8, 4) is 5.75 Å². The number of methoxy groups -OCH3 is 1. The molecule has 1 aliphatic rings. The van der Waals surface area contributed by atoms with Gasteiger partial charge in [-0.2, -0.15) is 0 Å². The van der Waals surface area contributed by atoms with Gasteiger partial charge in [0.05, 0.1) is 0 Å². The monoisotopic (exact) mass is 381 g/mol. The maximum absolute atomic E-state index is 5.90. The van der Waals surface area contributed by atoms with Crippen molar-refractivity contribution in [1.82, 2.24) is 0 Å². The Morgan fingerprint density at radius 1 is 1.00 bits per heavy atom. The molecular weight excluding hydrogens is 364 g/mol. The van der Waals surface area contributed by atoms with Crippen LogP contribution in [0.2, 0.25) is 0 Å². The van der Waals surface area contributed by atoms with Crippen LogP contribution >= 0.6 is 0 Å². The molecule has 101 valence electrons. The average Bonchev–Trinajstić information content (AvgIpc) is 2.97. The topological polar surface area (TPSA) is 18.5 Å². The van der Waals surface area contributed by atoms with Crippen LogP contribution in [-0.4, -0.2) is 31.5 Å². The standard InChI is InChI=1S/C17H15O2Te/c1-18-15-9-7-13(8-10-15)11-16-12-17(20-19-16)14-5-3-2-4-6-14/h2-10,12H,11H2,1H3. The predicted molar refractivity (Wildman–Crippen MR) is 82.2 cm³/mol. The van der Waals surface area contributed by atoms with Crippen molar-refractivity contribution < 1.29 is 7.84 Å². The third-order valence-electron chi connectivity index (χ3n) is 3.13. The van der Waals surface area contributed by atoms with Crippen LogP contribution in [0.1, 0.15) is 11.1 Å². The third kappa shape index (κ3) is 3.12. The molecule has 0 saturated carbocycles. The van der Waals surface area contributed by atoms with Crippen LogP contribution in [0.5, 0.6) is 5.75 Å².